The summed E-state index contributed by atoms with van der Waals surface area (Å²) in [6.07, 6.45) is 0.163. The average Bonchev–Trinajstić information content (AvgIpc) is 2.94. The molecule has 0 saturated heterocycles. The van der Waals surface area contributed by atoms with E-state index >= 15 is 0 Å². The molecular formula is C17H26N2O6. The summed E-state index contributed by atoms with van der Waals surface area (Å²) in [5, 5.41) is 9.49. The molecule has 0 saturated carbocycles. The molecule has 0 radical (unpaired) electrons. The van der Waals surface area contributed by atoms with Gasteiger partial charge in [-0.2, -0.15) is 0 Å². The van der Waals surface area contributed by atoms with Crippen molar-refractivity contribution in [2.24, 2.45) is 0 Å². The predicted molar refractivity (Wildman–Crippen MR) is 90.4 cm³/mol. The SMILES string of the molecule is CCN(CC)Cc1[nH]c(C(=O)O)c(CCC(=O)OC)c1CC(=O)OC. The number of hydrogen-bond donors (Lipinski definition) is 2. The number of rotatable bonds is 10. The first-order valence-electron chi connectivity index (χ1n) is 8.19. The highest BCUT2D eigenvalue weighted by Crippen LogP contribution is 2.24. The van der Waals surface area contributed by atoms with Gasteiger partial charge in [-0.3, -0.25) is 14.5 Å². The Morgan fingerprint density at radius 2 is 1.64 bits per heavy atom. The van der Waals surface area contributed by atoms with Crippen LogP contribution in [0.25, 0.3) is 0 Å². The average molecular weight is 354 g/mol. The van der Waals surface area contributed by atoms with Crippen LogP contribution >= 0.6 is 0 Å². The number of aromatic carboxylic acids is 1. The fraction of sp³-hybridized carbons (Fsp3) is 0.588. The van der Waals surface area contributed by atoms with Crippen LogP contribution in [0.3, 0.4) is 0 Å². The number of ether oxygens (including phenoxy) is 2. The van der Waals surface area contributed by atoms with Gasteiger partial charge in [-0.15, -0.1) is 0 Å². The first-order chi connectivity index (χ1) is 11.9. The predicted octanol–water partition coefficient (Wildman–Crippen LogP) is 1.38. The van der Waals surface area contributed by atoms with Gasteiger partial charge in [-0.1, -0.05) is 13.8 Å². The molecule has 0 aliphatic carbocycles. The van der Waals surface area contributed by atoms with Gasteiger partial charge in [0.05, 0.1) is 20.6 Å². The van der Waals surface area contributed by atoms with Crippen LogP contribution in [0.5, 0.6) is 0 Å². The van der Waals surface area contributed by atoms with Crippen molar-refractivity contribution in [3.05, 3.63) is 22.5 Å². The minimum atomic E-state index is -1.13. The van der Waals surface area contributed by atoms with Crippen molar-refractivity contribution in [3.8, 4) is 0 Å². The Morgan fingerprint density at radius 1 is 1.04 bits per heavy atom. The molecule has 0 bridgehead atoms. The summed E-state index contributed by atoms with van der Waals surface area (Å²) in [4.78, 5) is 39.9. The van der Waals surface area contributed by atoms with E-state index in [0.29, 0.717) is 23.4 Å². The van der Waals surface area contributed by atoms with Crippen LogP contribution in [0.15, 0.2) is 0 Å². The lowest BCUT2D eigenvalue weighted by Crippen LogP contribution is -2.23. The second kappa shape index (κ2) is 9.83. The van der Waals surface area contributed by atoms with E-state index in [1.165, 1.54) is 14.2 Å². The monoisotopic (exact) mass is 354 g/mol. The quantitative estimate of drug-likeness (QED) is 0.611. The first kappa shape index (κ1) is 20.7. The molecule has 0 amide bonds. The Hall–Kier alpha value is -2.35. The van der Waals surface area contributed by atoms with Gasteiger partial charge in [0.25, 0.3) is 0 Å². The molecule has 1 aromatic heterocycles. The molecule has 8 heteroatoms. The Balaban J connectivity index is 3.31. The Morgan fingerprint density at radius 3 is 2.12 bits per heavy atom. The van der Waals surface area contributed by atoms with Crippen LogP contribution in [0.1, 0.15) is 47.6 Å². The summed E-state index contributed by atoms with van der Waals surface area (Å²) in [7, 11) is 2.56. The molecule has 2 N–H and O–H groups in total. The number of carboxylic acid groups (broad SMARTS) is 1. The van der Waals surface area contributed by atoms with E-state index < -0.39 is 17.9 Å². The summed E-state index contributed by atoms with van der Waals surface area (Å²) in [6.45, 7) is 6.06. The van der Waals surface area contributed by atoms with Gasteiger partial charge in [0.2, 0.25) is 0 Å². The number of carbonyl (C=O) groups is 3. The van der Waals surface area contributed by atoms with Crippen LogP contribution in [0.2, 0.25) is 0 Å². The summed E-state index contributed by atoms with van der Waals surface area (Å²) >= 11 is 0. The second-order valence-electron chi connectivity index (χ2n) is 5.53. The van der Waals surface area contributed by atoms with Crippen LogP contribution in [-0.4, -0.2) is 60.2 Å². The fourth-order valence-electron chi connectivity index (χ4n) is 2.66. The molecular weight excluding hydrogens is 328 g/mol. The number of hydrogen-bond acceptors (Lipinski definition) is 6. The molecule has 1 rings (SSSR count). The third-order valence-corrected chi connectivity index (χ3v) is 4.15. The Labute approximate surface area is 147 Å². The molecule has 1 aromatic rings. The summed E-state index contributed by atoms with van der Waals surface area (Å²) in [6, 6.07) is 0. The number of carboxylic acids is 1. The molecule has 0 fully saturated rings. The van der Waals surface area contributed by atoms with E-state index in [0.717, 1.165) is 13.1 Å². The summed E-state index contributed by atoms with van der Waals surface area (Å²) in [5.41, 5.74) is 1.70. The minimum absolute atomic E-state index is 0.00459. The van der Waals surface area contributed by atoms with Crippen molar-refractivity contribution in [1.29, 1.82) is 0 Å². The van der Waals surface area contributed by atoms with Gasteiger partial charge in [0, 0.05) is 18.7 Å². The molecule has 140 valence electrons. The third-order valence-electron chi connectivity index (χ3n) is 4.15. The number of carbonyl (C=O) groups excluding carboxylic acids is 2. The number of nitrogens with zero attached hydrogens (tertiary/aromatic N) is 1. The third kappa shape index (κ3) is 5.60. The number of esters is 2. The van der Waals surface area contributed by atoms with Gasteiger partial charge in [0.15, 0.2) is 0 Å². The number of aromatic amines is 1. The molecule has 1 heterocycles. The molecule has 8 nitrogen and oxygen atoms in total. The lowest BCUT2D eigenvalue weighted by molar-refractivity contribution is -0.141. The van der Waals surface area contributed by atoms with Crippen LogP contribution in [0.4, 0.5) is 0 Å². The van der Waals surface area contributed by atoms with E-state index in [9.17, 15) is 19.5 Å². The van der Waals surface area contributed by atoms with Gasteiger partial charge >= 0.3 is 17.9 Å². The molecule has 0 aliphatic heterocycles. The van der Waals surface area contributed by atoms with E-state index in [1.54, 1.807) is 0 Å². The Kier molecular flexibility index (Phi) is 8.13. The highest BCUT2D eigenvalue weighted by molar-refractivity contribution is 5.89. The molecule has 0 unspecified atom stereocenters. The lowest BCUT2D eigenvalue weighted by Gasteiger charge is -2.18. The molecule has 0 aliphatic rings. The van der Waals surface area contributed by atoms with Crippen molar-refractivity contribution < 1.29 is 29.0 Å². The Bertz CT molecular complexity index is 619. The molecule has 25 heavy (non-hydrogen) atoms. The van der Waals surface area contributed by atoms with Gasteiger partial charge in [0.1, 0.15) is 5.69 Å². The van der Waals surface area contributed by atoms with Crippen molar-refractivity contribution in [2.75, 3.05) is 27.3 Å². The first-order valence-corrected chi connectivity index (χ1v) is 8.19. The zero-order chi connectivity index (χ0) is 19.0. The normalized spacial score (nSPS) is 10.8. The van der Waals surface area contributed by atoms with Crippen LogP contribution < -0.4 is 0 Å². The summed E-state index contributed by atoms with van der Waals surface area (Å²) < 4.78 is 9.36. The van der Waals surface area contributed by atoms with E-state index in [1.807, 2.05) is 13.8 Å². The number of H-pyrrole nitrogens is 1. The van der Waals surface area contributed by atoms with Gasteiger partial charge in [-0.25, -0.2) is 4.79 Å². The standard InChI is InChI=1S/C17H26N2O6/c1-5-19(6-2)10-13-12(9-15(21)25-4)11(7-8-14(20)24-3)16(18-13)17(22)23/h18H,5-10H2,1-4H3,(H,22,23). The van der Waals surface area contributed by atoms with E-state index in [4.69, 9.17) is 4.74 Å². The molecule has 0 aromatic carbocycles. The number of methoxy groups -OCH3 is 2. The smallest absolute Gasteiger partial charge is 0.352 e. The van der Waals surface area contributed by atoms with Crippen molar-refractivity contribution in [2.45, 2.75) is 39.7 Å². The molecule has 0 atom stereocenters. The van der Waals surface area contributed by atoms with E-state index in [-0.39, 0.29) is 25.0 Å². The van der Waals surface area contributed by atoms with Crippen molar-refractivity contribution in [1.82, 2.24) is 9.88 Å². The van der Waals surface area contributed by atoms with E-state index in [2.05, 4.69) is 14.6 Å². The van der Waals surface area contributed by atoms with Crippen molar-refractivity contribution in [3.63, 3.8) is 0 Å². The zero-order valence-corrected chi connectivity index (χ0v) is 15.2. The summed E-state index contributed by atoms with van der Waals surface area (Å²) in [5.74, 6) is -2.03. The van der Waals surface area contributed by atoms with Gasteiger partial charge < -0.3 is 19.6 Å². The second-order valence-corrected chi connectivity index (χ2v) is 5.53. The fourth-order valence-corrected chi connectivity index (χ4v) is 2.66. The topological polar surface area (TPSA) is 109 Å². The number of nitrogens with one attached hydrogen (secondary N) is 1. The largest absolute Gasteiger partial charge is 0.477 e. The maximum Gasteiger partial charge on any atom is 0.352 e. The van der Waals surface area contributed by atoms with Crippen LogP contribution in [-0.2, 0) is 38.4 Å². The maximum absolute atomic E-state index is 11.8. The highest BCUT2D eigenvalue weighted by atomic mass is 16.5. The highest BCUT2D eigenvalue weighted by Gasteiger charge is 2.24. The number of aromatic nitrogens is 1. The van der Waals surface area contributed by atoms with Crippen molar-refractivity contribution >= 4 is 17.9 Å². The molecule has 0 spiro atoms. The maximum atomic E-state index is 11.8. The zero-order valence-electron chi connectivity index (χ0n) is 15.2. The van der Waals surface area contributed by atoms with Crippen LogP contribution in [0, 0.1) is 0 Å². The van der Waals surface area contributed by atoms with Gasteiger partial charge in [-0.05, 0) is 30.6 Å². The lowest BCUT2D eigenvalue weighted by atomic mass is 10.0. The minimum Gasteiger partial charge on any atom is -0.477 e.